The quantitative estimate of drug-likeness (QED) is 0.618. The topological polar surface area (TPSA) is 37.3 Å². The van der Waals surface area contributed by atoms with Crippen LogP contribution in [0.2, 0.25) is 0 Å². The van der Waals surface area contributed by atoms with E-state index in [1.165, 1.54) is 6.08 Å². The lowest BCUT2D eigenvalue weighted by atomic mass is 9.85. The highest BCUT2D eigenvalue weighted by Crippen LogP contribution is 2.41. The van der Waals surface area contributed by atoms with Crippen LogP contribution in [0.15, 0.2) is 23.0 Å². The SMILES string of the molecule is CC1(O)CC=C(F)C2=C1C(=O)CC2. The highest BCUT2D eigenvalue weighted by molar-refractivity contribution is 6.01. The van der Waals surface area contributed by atoms with Crippen molar-refractivity contribution in [1.29, 1.82) is 0 Å². The van der Waals surface area contributed by atoms with Gasteiger partial charge in [0.1, 0.15) is 5.83 Å². The van der Waals surface area contributed by atoms with Crippen molar-refractivity contribution in [2.45, 2.75) is 31.8 Å². The van der Waals surface area contributed by atoms with Gasteiger partial charge in [0.15, 0.2) is 5.78 Å². The molecule has 1 atom stereocenters. The van der Waals surface area contributed by atoms with E-state index in [0.29, 0.717) is 24.0 Å². The van der Waals surface area contributed by atoms with Crippen LogP contribution in [0, 0.1) is 0 Å². The lowest BCUT2D eigenvalue weighted by Gasteiger charge is -2.27. The van der Waals surface area contributed by atoms with Gasteiger partial charge in [-0.25, -0.2) is 4.39 Å². The molecule has 0 aromatic carbocycles. The minimum atomic E-state index is -1.15. The molecule has 0 bridgehead atoms. The first kappa shape index (κ1) is 8.63. The first-order valence-electron chi connectivity index (χ1n) is 4.37. The second-order valence-electron chi connectivity index (χ2n) is 3.81. The lowest BCUT2D eigenvalue weighted by Crippen LogP contribution is -2.31. The van der Waals surface area contributed by atoms with Crippen LogP contribution in [-0.4, -0.2) is 16.5 Å². The van der Waals surface area contributed by atoms with Gasteiger partial charge >= 0.3 is 0 Å². The Labute approximate surface area is 75.8 Å². The predicted molar refractivity (Wildman–Crippen MR) is 45.7 cm³/mol. The average molecular weight is 182 g/mol. The third kappa shape index (κ3) is 1.15. The molecule has 0 fully saturated rings. The van der Waals surface area contributed by atoms with Crippen LogP contribution in [0.1, 0.15) is 26.2 Å². The van der Waals surface area contributed by atoms with E-state index < -0.39 is 5.60 Å². The van der Waals surface area contributed by atoms with Gasteiger partial charge < -0.3 is 5.11 Å². The minimum Gasteiger partial charge on any atom is -0.385 e. The molecule has 2 aliphatic rings. The summed E-state index contributed by atoms with van der Waals surface area (Å²) in [7, 11) is 0. The number of carbonyl (C=O) groups is 1. The fourth-order valence-corrected chi connectivity index (χ4v) is 2.03. The number of hydrogen-bond acceptors (Lipinski definition) is 2. The summed E-state index contributed by atoms with van der Waals surface area (Å²) in [5.41, 5.74) is -0.438. The highest BCUT2D eigenvalue weighted by Gasteiger charge is 2.40. The Morgan fingerprint density at radius 2 is 2.23 bits per heavy atom. The summed E-state index contributed by atoms with van der Waals surface area (Å²) in [5, 5.41) is 9.84. The van der Waals surface area contributed by atoms with Gasteiger partial charge in [0, 0.05) is 18.4 Å². The number of Topliss-reactive ketones (excluding diaryl/α,β-unsaturated/α-hetero) is 1. The van der Waals surface area contributed by atoms with Gasteiger partial charge in [-0.05, 0) is 25.0 Å². The second kappa shape index (κ2) is 2.51. The molecule has 0 saturated heterocycles. The molecule has 1 N–H and O–H groups in total. The van der Waals surface area contributed by atoms with Crippen molar-refractivity contribution in [1.82, 2.24) is 0 Å². The van der Waals surface area contributed by atoms with Crippen molar-refractivity contribution in [2.75, 3.05) is 0 Å². The molecule has 2 aliphatic carbocycles. The number of carbonyl (C=O) groups excluding carboxylic acids is 1. The zero-order valence-electron chi connectivity index (χ0n) is 7.43. The fraction of sp³-hybridized carbons (Fsp3) is 0.500. The number of aliphatic hydroxyl groups is 1. The molecule has 70 valence electrons. The molecule has 0 saturated carbocycles. The van der Waals surface area contributed by atoms with Crippen LogP contribution in [0.3, 0.4) is 0 Å². The molecule has 0 spiro atoms. The van der Waals surface area contributed by atoms with Gasteiger partial charge in [0.2, 0.25) is 0 Å². The maximum atomic E-state index is 13.2. The smallest absolute Gasteiger partial charge is 0.162 e. The van der Waals surface area contributed by atoms with Crippen LogP contribution in [0.4, 0.5) is 4.39 Å². The standard InChI is InChI=1S/C10H11FO2/c1-10(13)5-4-7(11)6-2-3-8(12)9(6)10/h4,13H,2-3,5H2,1H3. The molecular formula is C10H11FO2. The monoisotopic (exact) mass is 182 g/mol. The molecule has 13 heavy (non-hydrogen) atoms. The van der Waals surface area contributed by atoms with Crippen LogP contribution in [-0.2, 0) is 4.79 Å². The first-order valence-corrected chi connectivity index (χ1v) is 4.37. The van der Waals surface area contributed by atoms with E-state index in [1.807, 2.05) is 0 Å². The van der Waals surface area contributed by atoms with E-state index in [9.17, 15) is 14.3 Å². The van der Waals surface area contributed by atoms with Crippen molar-refractivity contribution < 1.29 is 14.3 Å². The Hall–Kier alpha value is -0.960. The molecule has 0 aromatic heterocycles. The zero-order valence-corrected chi connectivity index (χ0v) is 7.43. The Morgan fingerprint density at radius 1 is 1.54 bits per heavy atom. The summed E-state index contributed by atoms with van der Waals surface area (Å²) in [4.78, 5) is 11.4. The third-order valence-corrected chi connectivity index (χ3v) is 2.69. The van der Waals surface area contributed by atoms with Crippen LogP contribution >= 0.6 is 0 Å². The van der Waals surface area contributed by atoms with Gasteiger partial charge in [-0.3, -0.25) is 4.79 Å². The summed E-state index contributed by atoms with van der Waals surface area (Å²) in [6.07, 6.45) is 2.33. The number of ketones is 1. The molecule has 2 rings (SSSR count). The van der Waals surface area contributed by atoms with Crippen LogP contribution in [0.5, 0.6) is 0 Å². The largest absolute Gasteiger partial charge is 0.385 e. The fourth-order valence-electron chi connectivity index (χ4n) is 2.03. The molecule has 2 nitrogen and oxygen atoms in total. The Kier molecular flexibility index (Phi) is 1.67. The average Bonchev–Trinajstić information content (AvgIpc) is 2.42. The minimum absolute atomic E-state index is 0.108. The van der Waals surface area contributed by atoms with Gasteiger partial charge in [-0.15, -0.1) is 0 Å². The van der Waals surface area contributed by atoms with Crippen LogP contribution < -0.4 is 0 Å². The Morgan fingerprint density at radius 3 is 2.85 bits per heavy atom. The molecule has 0 radical (unpaired) electrons. The predicted octanol–water partition coefficient (Wildman–Crippen LogP) is 1.65. The summed E-state index contributed by atoms with van der Waals surface area (Å²) in [6.45, 7) is 1.56. The van der Waals surface area contributed by atoms with Crippen LogP contribution in [0.25, 0.3) is 0 Å². The summed E-state index contributed by atoms with van der Waals surface area (Å²) < 4.78 is 13.2. The van der Waals surface area contributed by atoms with E-state index in [1.54, 1.807) is 6.92 Å². The summed E-state index contributed by atoms with van der Waals surface area (Å²) >= 11 is 0. The molecular weight excluding hydrogens is 171 g/mol. The van der Waals surface area contributed by atoms with Gasteiger partial charge in [0.05, 0.1) is 5.60 Å². The normalized spacial score (nSPS) is 33.5. The van der Waals surface area contributed by atoms with E-state index >= 15 is 0 Å². The molecule has 1 unspecified atom stereocenters. The molecule has 0 aliphatic heterocycles. The van der Waals surface area contributed by atoms with Crippen molar-refractivity contribution in [3.05, 3.63) is 23.0 Å². The Balaban J connectivity index is 2.54. The molecule has 3 heteroatoms. The number of halogens is 1. The summed E-state index contributed by atoms with van der Waals surface area (Å²) in [5.74, 6) is -0.435. The van der Waals surface area contributed by atoms with Gasteiger partial charge in [-0.1, -0.05) is 0 Å². The van der Waals surface area contributed by atoms with Gasteiger partial charge in [0.25, 0.3) is 0 Å². The number of hydrogen-bond donors (Lipinski definition) is 1. The number of rotatable bonds is 0. The molecule has 0 heterocycles. The van der Waals surface area contributed by atoms with Crippen molar-refractivity contribution in [3.8, 4) is 0 Å². The van der Waals surface area contributed by atoms with Crippen molar-refractivity contribution >= 4 is 5.78 Å². The maximum Gasteiger partial charge on any atom is 0.162 e. The van der Waals surface area contributed by atoms with E-state index in [0.717, 1.165) is 0 Å². The van der Waals surface area contributed by atoms with E-state index in [4.69, 9.17) is 0 Å². The molecule has 0 aromatic rings. The molecule has 0 amide bonds. The number of allylic oxidation sites excluding steroid dienone is 2. The van der Waals surface area contributed by atoms with Crippen molar-refractivity contribution in [2.24, 2.45) is 0 Å². The Bertz CT molecular complexity index is 337. The van der Waals surface area contributed by atoms with Gasteiger partial charge in [-0.2, -0.15) is 0 Å². The zero-order chi connectivity index (χ0) is 9.64. The first-order chi connectivity index (χ1) is 6.02. The van der Waals surface area contributed by atoms with Crippen molar-refractivity contribution in [3.63, 3.8) is 0 Å². The second-order valence-corrected chi connectivity index (χ2v) is 3.81. The summed E-state index contributed by atoms with van der Waals surface area (Å²) in [6, 6.07) is 0. The third-order valence-electron chi connectivity index (χ3n) is 2.69. The van der Waals surface area contributed by atoms with E-state index in [2.05, 4.69) is 0 Å². The lowest BCUT2D eigenvalue weighted by molar-refractivity contribution is -0.116. The highest BCUT2D eigenvalue weighted by atomic mass is 19.1. The maximum absolute atomic E-state index is 13.2. The van der Waals surface area contributed by atoms with E-state index in [-0.39, 0.29) is 18.0 Å².